The summed E-state index contributed by atoms with van der Waals surface area (Å²) in [5.74, 6) is 1.18. The summed E-state index contributed by atoms with van der Waals surface area (Å²) >= 11 is 4.28. The summed E-state index contributed by atoms with van der Waals surface area (Å²) in [7, 11) is 3.03. The summed E-state index contributed by atoms with van der Waals surface area (Å²) < 4.78 is 11.6. The van der Waals surface area contributed by atoms with E-state index < -0.39 is 5.92 Å². The van der Waals surface area contributed by atoms with E-state index >= 15 is 0 Å². The van der Waals surface area contributed by atoms with Gasteiger partial charge in [-0.25, -0.2) is 0 Å². The van der Waals surface area contributed by atoms with Crippen LogP contribution in [-0.4, -0.2) is 31.0 Å². The van der Waals surface area contributed by atoms with Crippen LogP contribution in [0.2, 0.25) is 0 Å². The smallest absolute Gasteiger partial charge is 0.163 e. The predicted molar refractivity (Wildman–Crippen MR) is 176 cm³/mol. The van der Waals surface area contributed by atoms with Crippen LogP contribution in [-0.2, 0) is 4.79 Å². The molecule has 0 bridgehead atoms. The number of fused-ring (bicyclic) bond motifs is 1. The standard InChI is InChI=1S/C34H44N2O5S/c1-40-31-24-27(34(41-2)33-29(36-39)21-20-28(35-38)32(31)33)26(30(37)22-19-25-16-12-11-13-17-25)18-14-9-7-5-3-4-6-8-10-15-23-42/h11-13,16-17,19-22,24,26,35,38,42H,3-10,14-15,18,23H2,1-2H3. The van der Waals surface area contributed by atoms with Gasteiger partial charge in [0.25, 0.3) is 0 Å². The highest BCUT2D eigenvalue weighted by Gasteiger charge is 2.28. The first-order valence-electron chi connectivity index (χ1n) is 14.9. The zero-order valence-electron chi connectivity index (χ0n) is 24.8. The Bertz CT molecular complexity index is 1310. The van der Waals surface area contributed by atoms with Crippen LogP contribution < -0.4 is 15.0 Å². The number of ketones is 1. The topological polar surface area (TPSA) is 97.2 Å². The number of carbonyl (C=O) groups excluding carboxylic acids is 1. The molecule has 0 spiro atoms. The highest BCUT2D eigenvalue weighted by Crippen LogP contribution is 2.48. The van der Waals surface area contributed by atoms with Crippen LogP contribution in [0, 0.1) is 4.91 Å². The highest BCUT2D eigenvalue weighted by molar-refractivity contribution is 7.80. The second-order valence-electron chi connectivity index (χ2n) is 10.5. The lowest BCUT2D eigenvalue weighted by Crippen LogP contribution is -2.13. The number of unbranched alkanes of at least 4 members (excludes halogenated alkanes) is 9. The van der Waals surface area contributed by atoms with Crippen LogP contribution in [0.4, 0.5) is 11.4 Å². The number of nitrogens with zero attached hydrogens (tertiary/aromatic N) is 1. The summed E-state index contributed by atoms with van der Waals surface area (Å²) in [5, 5.41) is 13.8. The van der Waals surface area contributed by atoms with Gasteiger partial charge in [0.15, 0.2) is 5.78 Å². The normalized spacial score (nSPS) is 12.0. The van der Waals surface area contributed by atoms with E-state index in [1.807, 2.05) is 36.4 Å². The van der Waals surface area contributed by atoms with Crippen molar-refractivity contribution >= 4 is 46.6 Å². The maximum absolute atomic E-state index is 13.8. The van der Waals surface area contributed by atoms with E-state index in [1.54, 1.807) is 18.2 Å². The molecule has 1 atom stereocenters. The number of allylic oxidation sites excluding steroid dienone is 1. The van der Waals surface area contributed by atoms with Crippen molar-refractivity contribution in [3.05, 3.63) is 70.6 Å². The molecule has 0 radical (unpaired) electrons. The Morgan fingerprint density at radius 3 is 2.12 bits per heavy atom. The van der Waals surface area contributed by atoms with E-state index in [0.717, 1.165) is 30.6 Å². The van der Waals surface area contributed by atoms with E-state index in [-0.39, 0.29) is 11.5 Å². The van der Waals surface area contributed by atoms with E-state index in [2.05, 4.69) is 23.3 Å². The summed E-state index contributed by atoms with van der Waals surface area (Å²) in [5.41, 5.74) is 4.21. The fraction of sp³-hybridized carbons (Fsp3) is 0.441. The minimum absolute atomic E-state index is 0.0585. The van der Waals surface area contributed by atoms with Gasteiger partial charge in [0, 0.05) is 5.56 Å². The molecule has 0 saturated heterocycles. The number of hydrogen-bond acceptors (Lipinski definition) is 8. The summed E-state index contributed by atoms with van der Waals surface area (Å²) in [6, 6.07) is 14.5. The molecule has 0 aliphatic rings. The highest BCUT2D eigenvalue weighted by atomic mass is 32.1. The van der Waals surface area contributed by atoms with Crippen LogP contribution >= 0.6 is 12.6 Å². The van der Waals surface area contributed by atoms with Gasteiger partial charge in [0.05, 0.1) is 36.6 Å². The lowest BCUT2D eigenvalue weighted by molar-refractivity contribution is -0.116. The Morgan fingerprint density at radius 1 is 0.905 bits per heavy atom. The van der Waals surface area contributed by atoms with E-state index in [1.165, 1.54) is 65.2 Å². The Hall–Kier alpha value is -3.36. The number of benzene rings is 3. The monoisotopic (exact) mass is 592 g/mol. The second-order valence-corrected chi connectivity index (χ2v) is 11.0. The van der Waals surface area contributed by atoms with Gasteiger partial charge in [-0.1, -0.05) is 94.2 Å². The average molecular weight is 593 g/mol. The third-order valence-electron chi connectivity index (χ3n) is 7.71. The first kappa shape index (κ1) is 33.1. The van der Waals surface area contributed by atoms with Gasteiger partial charge in [-0.3, -0.25) is 15.5 Å². The SMILES string of the molecule is COc1cc(C(CCCCCCCCCCCCS)C(=O)C=Cc2ccccc2)c(OC)c2c(N=O)ccc(NO)c12. The van der Waals surface area contributed by atoms with Crippen LogP contribution in [0.15, 0.2) is 59.8 Å². The van der Waals surface area contributed by atoms with Crippen molar-refractivity contribution in [2.24, 2.45) is 5.18 Å². The molecule has 0 saturated carbocycles. The molecule has 0 amide bonds. The maximum Gasteiger partial charge on any atom is 0.163 e. The maximum atomic E-state index is 13.8. The van der Waals surface area contributed by atoms with Crippen LogP contribution in [0.1, 0.15) is 87.7 Å². The van der Waals surface area contributed by atoms with Crippen molar-refractivity contribution in [2.45, 2.75) is 76.5 Å². The number of carbonyl (C=O) groups is 1. The molecule has 0 fully saturated rings. The number of ether oxygens (including phenoxy) is 2. The Kier molecular flexibility index (Phi) is 14.4. The zero-order chi connectivity index (χ0) is 30.2. The molecule has 0 aliphatic carbocycles. The lowest BCUT2D eigenvalue weighted by atomic mass is 9.86. The van der Waals surface area contributed by atoms with Crippen molar-refractivity contribution < 1.29 is 19.5 Å². The minimum atomic E-state index is -0.518. The lowest BCUT2D eigenvalue weighted by Gasteiger charge is -2.22. The van der Waals surface area contributed by atoms with Gasteiger partial charge in [-0.05, 0) is 53.6 Å². The van der Waals surface area contributed by atoms with E-state index in [9.17, 15) is 14.9 Å². The van der Waals surface area contributed by atoms with Crippen molar-refractivity contribution in [3.63, 3.8) is 0 Å². The van der Waals surface area contributed by atoms with Gasteiger partial charge < -0.3 is 9.47 Å². The first-order valence-corrected chi connectivity index (χ1v) is 15.6. The van der Waals surface area contributed by atoms with Gasteiger partial charge in [-0.15, -0.1) is 4.91 Å². The molecule has 3 aromatic rings. The second kappa shape index (κ2) is 18.2. The third kappa shape index (κ3) is 9.07. The molecule has 2 N–H and O–H groups in total. The summed E-state index contributed by atoms with van der Waals surface area (Å²) in [4.78, 5) is 25.6. The number of nitroso groups, excluding NO2 is 1. The molecule has 0 aliphatic heterocycles. The van der Waals surface area contributed by atoms with Gasteiger partial charge in [-0.2, -0.15) is 12.6 Å². The molecule has 0 heterocycles. The van der Waals surface area contributed by atoms with Gasteiger partial charge in [0.2, 0.25) is 0 Å². The van der Waals surface area contributed by atoms with Crippen molar-refractivity contribution in [2.75, 3.05) is 25.5 Å². The third-order valence-corrected chi connectivity index (χ3v) is 8.02. The number of hydrogen-bond donors (Lipinski definition) is 3. The van der Waals surface area contributed by atoms with Crippen LogP contribution in [0.3, 0.4) is 0 Å². The van der Waals surface area contributed by atoms with Crippen molar-refractivity contribution in [3.8, 4) is 11.5 Å². The van der Waals surface area contributed by atoms with E-state index in [0.29, 0.717) is 39.9 Å². The number of nitrogens with one attached hydrogen (secondary N) is 1. The summed E-state index contributed by atoms with van der Waals surface area (Å²) in [6.07, 6.45) is 15.8. The number of anilines is 1. The van der Waals surface area contributed by atoms with Crippen LogP contribution in [0.5, 0.6) is 11.5 Å². The number of thiol groups is 1. The first-order chi connectivity index (χ1) is 20.6. The summed E-state index contributed by atoms with van der Waals surface area (Å²) in [6.45, 7) is 0. The predicted octanol–water partition coefficient (Wildman–Crippen LogP) is 9.64. The number of methoxy groups -OCH3 is 2. The molecule has 8 heteroatoms. The quantitative estimate of drug-likeness (QED) is 0.0397. The van der Waals surface area contributed by atoms with Gasteiger partial charge in [0.1, 0.15) is 17.2 Å². The molecule has 1 unspecified atom stereocenters. The Morgan fingerprint density at radius 2 is 1.55 bits per heavy atom. The van der Waals surface area contributed by atoms with E-state index in [4.69, 9.17) is 9.47 Å². The van der Waals surface area contributed by atoms with Gasteiger partial charge >= 0.3 is 0 Å². The minimum Gasteiger partial charge on any atom is -0.496 e. The molecule has 3 rings (SSSR count). The average Bonchev–Trinajstić information content (AvgIpc) is 3.03. The molecular weight excluding hydrogens is 548 g/mol. The largest absolute Gasteiger partial charge is 0.496 e. The van der Waals surface area contributed by atoms with Crippen molar-refractivity contribution in [1.29, 1.82) is 0 Å². The number of rotatable bonds is 20. The molecule has 3 aromatic carbocycles. The Balaban J connectivity index is 1.86. The fourth-order valence-corrected chi connectivity index (χ4v) is 5.72. The molecule has 7 nitrogen and oxygen atoms in total. The molecule has 42 heavy (non-hydrogen) atoms. The van der Waals surface area contributed by atoms with Crippen molar-refractivity contribution in [1.82, 2.24) is 0 Å². The zero-order valence-corrected chi connectivity index (χ0v) is 25.7. The Labute approximate surface area is 255 Å². The van der Waals surface area contributed by atoms with Crippen LogP contribution in [0.25, 0.3) is 16.8 Å². The molecule has 226 valence electrons. The molecular formula is C34H44N2O5S. The fourth-order valence-electron chi connectivity index (χ4n) is 5.49. The molecule has 0 aromatic heterocycles.